The van der Waals surface area contributed by atoms with Gasteiger partial charge in [0.2, 0.25) is 0 Å². The Labute approximate surface area is 228 Å². The maximum atomic E-state index is 13.3. The van der Waals surface area contributed by atoms with Gasteiger partial charge in [-0.3, -0.25) is 4.79 Å². The number of rotatable bonds is 10. The van der Waals surface area contributed by atoms with Gasteiger partial charge in [-0.2, -0.15) is 0 Å². The predicted molar refractivity (Wildman–Crippen MR) is 152 cm³/mol. The van der Waals surface area contributed by atoms with Crippen molar-refractivity contribution < 1.29 is 9.53 Å². The van der Waals surface area contributed by atoms with Crippen molar-refractivity contribution in [3.05, 3.63) is 70.9 Å². The third-order valence-electron chi connectivity index (χ3n) is 6.23. The van der Waals surface area contributed by atoms with Crippen LogP contribution in [0.25, 0.3) is 0 Å². The van der Waals surface area contributed by atoms with E-state index in [1.54, 1.807) is 6.07 Å². The number of halogens is 1. The van der Waals surface area contributed by atoms with Crippen LogP contribution in [-0.4, -0.2) is 67.2 Å². The highest BCUT2D eigenvalue weighted by molar-refractivity contribution is 7.98. The number of anilines is 2. The molecule has 1 aromatic heterocycles. The van der Waals surface area contributed by atoms with E-state index in [-0.39, 0.29) is 5.91 Å². The number of piperazine rings is 1. The van der Waals surface area contributed by atoms with Crippen molar-refractivity contribution in [1.82, 2.24) is 14.9 Å². The van der Waals surface area contributed by atoms with Crippen molar-refractivity contribution in [3.8, 4) is 5.75 Å². The molecule has 4 rings (SSSR count). The summed E-state index contributed by atoms with van der Waals surface area (Å²) in [6.45, 7) is 8.53. The van der Waals surface area contributed by atoms with Gasteiger partial charge in [0, 0.05) is 57.2 Å². The Balaban J connectivity index is 1.37. The Kier molecular flexibility index (Phi) is 9.52. The molecule has 0 aliphatic carbocycles. The molecule has 0 spiro atoms. The lowest BCUT2D eigenvalue weighted by atomic mass is 10.1. The van der Waals surface area contributed by atoms with Crippen LogP contribution in [0.15, 0.2) is 59.8 Å². The molecule has 2 heterocycles. The number of hydrogen-bond donors (Lipinski definition) is 0. The molecular weight excluding hydrogens is 506 g/mol. The minimum atomic E-state index is 0.0621. The molecule has 0 bridgehead atoms. The molecule has 1 aliphatic heterocycles. The summed E-state index contributed by atoms with van der Waals surface area (Å²) in [5.74, 6) is 2.42. The summed E-state index contributed by atoms with van der Waals surface area (Å²) in [5, 5.41) is 1.06. The largest absolute Gasteiger partial charge is 0.492 e. The molecule has 7 nitrogen and oxygen atoms in total. The highest BCUT2D eigenvalue weighted by atomic mass is 35.5. The Bertz CT molecular complexity index is 1200. The van der Waals surface area contributed by atoms with Gasteiger partial charge in [-0.05, 0) is 43.2 Å². The molecule has 0 atom stereocenters. The third kappa shape index (κ3) is 7.08. The molecule has 1 aliphatic rings. The van der Waals surface area contributed by atoms with Crippen molar-refractivity contribution in [2.75, 3.05) is 56.2 Å². The minimum absolute atomic E-state index is 0.0621. The van der Waals surface area contributed by atoms with Crippen LogP contribution >= 0.6 is 23.4 Å². The van der Waals surface area contributed by atoms with E-state index in [4.69, 9.17) is 16.3 Å². The van der Waals surface area contributed by atoms with Crippen LogP contribution in [0.2, 0.25) is 5.15 Å². The molecule has 37 heavy (non-hydrogen) atoms. The first-order valence-electron chi connectivity index (χ1n) is 12.7. The number of amides is 1. The summed E-state index contributed by atoms with van der Waals surface area (Å²) in [5.41, 5.74) is 2.84. The fraction of sp³-hybridized carbons (Fsp3) is 0.393. The fourth-order valence-corrected chi connectivity index (χ4v) is 5.39. The number of carbonyl (C=O) groups is 1. The van der Waals surface area contributed by atoms with Gasteiger partial charge in [0.15, 0.2) is 5.16 Å². The molecule has 1 saturated heterocycles. The zero-order chi connectivity index (χ0) is 26.2. The molecule has 2 aromatic carbocycles. The zero-order valence-corrected chi connectivity index (χ0v) is 23.3. The van der Waals surface area contributed by atoms with Crippen LogP contribution in [0.4, 0.5) is 11.5 Å². The van der Waals surface area contributed by atoms with Gasteiger partial charge in [-0.1, -0.05) is 54.6 Å². The summed E-state index contributed by atoms with van der Waals surface area (Å²) in [7, 11) is 2.00. The Morgan fingerprint density at radius 3 is 2.59 bits per heavy atom. The highest BCUT2D eigenvalue weighted by Gasteiger charge is 2.24. The van der Waals surface area contributed by atoms with Gasteiger partial charge in [-0.25, -0.2) is 9.97 Å². The van der Waals surface area contributed by atoms with Crippen LogP contribution in [0.3, 0.4) is 0 Å². The number of hydrogen-bond acceptors (Lipinski definition) is 7. The van der Waals surface area contributed by atoms with Gasteiger partial charge >= 0.3 is 0 Å². The zero-order valence-electron chi connectivity index (χ0n) is 21.7. The molecule has 3 aromatic rings. The van der Waals surface area contributed by atoms with Crippen molar-refractivity contribution >= 4 is 40.8 Å². The standard InChI is InChI=1S/C28H34ClN5O2S/c1-4-13-32(3)26-19-25(29)30-28(31-26)37-20-21-9-8-10-22(18-21)27(35)34-16-14-33(15-17-34)23-11-6-7-12-24(23)36-5-2/h6-12,18-19H,4-5,13-17,20H2,1-3H3. The highest BCUT2D eigenvalue weighted by Crippen LogP contribution is 2.29. The lowest BCUT2D eigenvalue weighted by Crippen LogP contribution is -2.48. The molecule has 196 valence electrons. The second-order valence-corrected chi connectivity index (χ2v) is 10.3. The van der Waals surface area contributed by atoms with E-state index in [1.807, 2.05) is 61.3 Å². The minimum Gasteiger partial charge on any atom is -0.492 e. The molecule has 0 saturated carbocycles. The van der Waals surface area contributed by atoms with Crippen LogP contribution in [-0.2, 0) is 5.75 Å². The van der Waals surface area contributed by atoms with E-state index in [1.165, 1.54) is 11.8 Å². The monoisotopic (exact) mass is 539 g/mol. The average molecular weight is 540 g/mol. The smallest absolute Gasteiger partial charge is 0.253 e. The second kappa shape index (κ2) is 13.0. The Hall–Kier alpha value is -2.97. The van der Waals surface area contributed by atoms with Crippen LogP contribution in [0.1, 0.15) is 36.2 Å². The number of aromatic nitrogens is 2. The van der Waals surface area contributed by atoms with Gasteiger partial charge in [-0.15, -0.1) is 0 Å². The van der Waals surface area contributed by atoms with Gasteiger partial charge in [0.1, 0.15) is 16.7 Å². The van der Waals surface area contributed by atoms with E-state index in [0.717, 1.165) is 48.9 Å². The van der Waals surface area contributed by atoms with Crippen LogP contribution in [0, 0.1) is 0 Å². The molecule has 1 fully saturated rings. The van der Waals surface area contributed by atoms with Gasteiger partial charge in [0.25, 0.3) is 5.91 Å². The molecule has 0 unspecified atom stereocenters. The first-order valence-corrected chi connectivity index (χ1v) is 14.1. The maximum absolute atomic E-state index is 13.3. The number of thioether (sulfide) groups is 1. The first kappa shape index (κ1) is 27.1. The molecule has 0 N–H and O–H groups in total. The van der Waals surface area contributed by atoms with E-state index in [2.05, 4.69) is 32.8 Å². The molecule has 9 heteroatoms. The molecular formula is C28H34ClN5O2S. The summed E-state index contributed by atoms with van der Waals surface area (Å²) in [4.78, 5) is 28.6. The fourth-order valence-electron chi connectivity index (χ4n) is 4.37. The third-order valence-corrected chi connectivity index (χ3v) is 7.34. The van der Waals surface area contributed by atoms with Gasteiger partial charge < -0.3 is 19.4 Å². The lowest BCUT2D eigenvalue weighted by molar-refractivity contribution is 0.0746. The quantitative estimate of drug-likeness (QED) is 0.188. The number of para-hydroxylation sites is 2. The van der Waals surface area contributed by atoms with Crippen LogP contribution in [0.5, 0.6) is 5.75 Å². The number of ether oxygens (including phenoxy) is 1. The van der Waals surface area contributed by atoms with Crippen molar-refractivity contribution in [2.45, 2.75) is 31.2 Å². The maximum Gasteiger partial charge on any atom is 0.253 e. The van der Waals surface area contributed by atoms with Crippen molar-refractivity contribution in [3.63, 3.8) is 0 Å². The number of carbonyl (C=O) groups excluding carboxylic acids is 1. The SMILES string of the molecule is CCCN(C)c1cc(Cl)nc(SCc2cccc(C(=O)N3CCN(c4ccccc4OCC)CC3)c2)n1. The first-order chi connectivity index (χ1) is 18.0. The Morgan fingerprint density at radius 1 is 1.05 bits per heavy atom. The summed E-state index contributed by atoms with van der Waals surface area (Å²) < 4.78 is 5.79. The van der Waals surface area contributed by atoms with Crippen molar-refractivity contribution in [1.29, 1.82) is 0 Å². The predicted octanol–water partition coefficient (Wildman–Crippen LogP) is 5.63. The summed E-state index contributed by atoms with van der Waals surface area (Å²) in [6, 6.07) is 17.7. The summed E-state index contributed by atoms with van der Waals surface area (Å²) in [6.07, 6.45) is 1.02. The van der Waals surface area contributed by atoms with E-state index < -0.39 is 0 Å². The molecule has 1 amide bonds. The van der Waals surface area contributed by atoms with E-state index in [9.17, 15) is 4.79 Å². The average Bonchev–Trinajstić information content (AvgIpc) is 2.92. The number of nitrogens with zero attached hydrogens (tertiary/aromatic N) is 5. The topological polar surface area (TPSA) is 61.8 Å². The van der Waals surface area contributed by atoms with E-state index >= 15 is 0 Å². The number of benzene rings is 2. The normalized spacial score (nSPS) is 13.5. The van der Waals surface area contributed by atoms with Crippen LogP contribution < -0.4 is 14.5 Å². The summed E-state index contributed by atoms with van der Waals surface area (Å²) >= 11 is 7.77. The lowest BCUT2D eigenvalue weighted by Gasteiger charge is -2.36. The van der Waals surface area contributed by atoms with Gasteiger partial charge in [0.05, 0.1) is 12.3 Å². The van der Waals surface area contributed by atoms with Crippen molar-refractivity contribution in [2.24, 2.45) is 0 Å². The molecule has 0 radical (unpaired) electrons. The second-order valence-electron chi connectivity index (χ2n) is 8.92. The Morgan fingerprint density at radius 2 is 1.84 bits per heavy atom. The van der Waals surface area contributed by atoms with E-state index in [0.29, 0.717) is 41.3 Å².